The highest BCUT2D eigenvalue weighted by molar-refractivity contribution is 6.33. The molecule has 0 fully saturated rings. The van der Waals surface area contributed by atoms with Crippen LogP contribution in [0.25, 0.3) is 11.3 Å². The van der Waals surface area contributed by atoms with Gasteiger partial charge in [0.25, 0.3) is 0 Å². The summed E-state index contributed by atoms with van der Waals surface area (Å²) in [5.74, 6) is 1.16. The first-order valence-electron chi connectivity index (χ1n) is 7.94. The van der Waals surface area contributed by atoms with Crippen LogP contribution in [0.4, 0.5) is 0 Å². The number of nitrogens with zero attached hydrogens (tertiary/aromatic N) is 4. The summed E-state index contributed by atoms with van der Waals surface area (Å²) in [6.45, 7) is 0.531. The van der Waals surface area contributed by atoms with E-state index in [1.807, 2.05) is 31.4 Å². The van der Waals surface area contributed by atoms with Crippen LogP contribution in [-0.2, 0) is 24.8 Å². The maximum atomic E-state index is 12.3. The number of amides is 1. The molecule has 3 rings (SSSR count). The summed E-state index contributed by atoms with van der Waals surface area (Å²) in [7, 11) is 3.63. The minimum atomic E-state index is 0.0290. The topological polar surface area (TPSA) is 64.2 Å². The zero-order valence-electron chi connectivity index (χ0n) is 14.1. The fourth-order valence-electron chi connectivity index (χ4n) is 2.53. The number of aromatic nitrogens is 3. The van der Waals surface area contributed by atoms with Crippen molar-refractivity contribution in [2.24, 2.45) is 7.05 Å². The summed E-state index contributed by atoms with van der Waals surface area (Å²) in [5, 5.41) is 4.71. The van der Waals surface area contributed by atoms with Crippen molar-refractivity contribution >= 4 is 17.5 Å². The van der Waals surface area contributed by atoms with Gasteiger partial charge in [-0.05, 0) is 12.1 Å². The van der Waals surface area contributed by atoms with Crippen LogP contribution in [-0.4, -0.2) is 32.6 Å². The number of aryl methyl sites for hydroxylation is 2. The van der Waals surface area contributed by atoms with Gasteiger partial charge in [-0.15, -0.1) is 0 Å². The molecule has 3 aromatic rings. The predicted molar refractivity (Wildman–Crippen MR) is 95.0 cm³/mol. The number of hydrogen-bond donors (Lipinski definition) is 0. The Bertz CT molecular complexity index is 871. The molecule has 1 amide bonds. The largest absolute Gasteiger partial charge is 0.441 e. The molecule has 6 nitrogen and oxygen atoms in total. The fourth-order valence-corrected chi connectivity index (χ4v) is 2.76. The van der Waals surface area contributed by atoms with E-state index in [0.717, 1.165) is 11.1 Å². The predicted octanol–water partition coefficient (Wildman–Crippen LogP) is 3.32. The molecule has 0 bridgehead atoms. The van der Waals surface area contributed by atoms with Crippen LogP contribution in [0.2, 0.25) is 5.02 Å². The van der Waals surface area contributed by atoms with Gasteiger partial charge in [0.1, 0.15) is 0 Å². The van der Waals surface area contributed by atoms with Gasteiger partial charge in [-0.3, -0.25) is 9.48 Å². The summed E-state index contributed by atoms with van der Waals surface area (Å²) in [6, 6.07) is 7.43. The molecule has 130 valence electrons. The quantitative estimate of drug-likeness (QED) is 0.678. The SMILES string of the molecule is CN(Cc1cnn(C)c1)C(=O)CCc1ncc(-c2ccccc2Cl)o1. The first-order valence-corrected chi connectivity index (χ1v) is 8.32. The molecule has 2 aromatic heterocycles. The first kappa shape index (κ1) is 17.2. The summed E-state index contributed by atoms with van der Waals surface area (Å²) in [4.78, 5) is 18.2. The minimum Gasteiger partial charge on any atom is -0.441 e. The number of benzene rings is 1. The number of carbonyl (C=O) groups excluding carboxylic acids is 1. The van der Waals surface area contributed by atoms with Gasteiger partial charge in [0.15, 0.2) is 11.7 Å². The van der Waals surface area contributed by atoms with Crippen LogP contribution in [0, 0.1) is 0 Å². The summed E-state index contributed by atoms with van der Waals surface area (Å²) in [6.07, 6.45) is 6.07. The molecule has 0 saturated carbocycles. The molecule has 0 N–H and O–H groups in total. The van der Waals surface area contributed by atoms with Gasteiger partial charge >= 0.3 is 0 Å². The Balaban J connectivity index is 1.56. The Morgan fingerprint density at radius 2 is 2.12 bits per heavy atom. The van der Waals surface area contributed by atoms with Crippen molar-refractivity contribution in [2.45, 2.75) is 19.4 Å². The van der Waals surface area contributed by atoms with Crippen LogP contribution < -0.4 is 0 Å². The Morgan fingerprint density at radius 3 is 2.84 bits per heavy atom. The van der Waals surface area contributed by atoms with Gasteiger partial charge in [0.05, 0.1) is 17.4 Å². The average molecular weight is 359 g/mol. The molecule has 0 saturated heterocycles. The van der Waals surface area contributed by atoms with Crippen molar-refractivity contribution in [1.82, 2.24) is 19.7 Å². The Morgan fingerprint density at radius 1 is 1.32 bits per heavy atom. The third-order valence-electron chi connectivity index (χ3n) is 3.85. The van der Waals surface area contributed by atoms with Gasteiger partial charge in [-0.2, -0.15) is 5.10 Å². The van der Waals surface area contributed by atoms with Crippen molar-refractivity contribution in [1.29, 1.82) is 0 Å². The van der Waals surface area contributed by atoms with E-state index in [-0.39, 0.29) is 5.91 Å². The van der Waals surface area contributed by atoms with Crippen molar-refractivity contribution in [3.8, 4) is 11.3 Å². The second kappa shape index (κ2) is 7.53. The van der Waals surface area contributed by atoms with Gasteiger partial charge in [0.2, 0.25) is 5.91 Å². The van der Waals surface area contributed by atoms with E-state index in [2.05, 4.69) is 10.1 Å². The van der Waals surface area contributed by atoms with Gasteiger partial charge in [0, 0.05) is 50.8 Å². The van der Waals surface area contributed by atoms with Gasteiger partial charge in [-0.25, -0.2) is 4.98 Å². The van der Waals surface area contributed by atoms with E-state index >= 15 is 0 Å². The lowest BCUT2D eigenvalue weighted by atomic mass is 10.2. The number of oxazole rings is 1. The van der Waals surface area contributed by atoms with E-state index < -0.39 is 0 Å². The molecular formula is C18H19ClN4O2. The Labute approximate surface area is 151 Å². The third kappa shape index (κ3) is 4.28. The van der Waals surface area contributed by atoms with Crippen molar-refractivity contribution < 1.29 is 9.21 Å². The summed E-state index contributed by atoms with van der Waals surface area (Å²) in [5.41, 5.74) is 1.79. The molecule has 7 heteroatoms. The number of halogens is 1. The smallest absolute Gasteiger partial charge is 0.223 e. The van der Waals surface area contributed by atoms with E-state index in [4.69, 9.17) is 16.0 Å². The maximum Gasteiger partial charge on any atom is 0.223 e. The van der Waals surface area contributed by atoms with E-state index in [9.17, 15) is 4.79 Å². The first-order chi connectivity index (χ1) is 12.0. The van der Waals surface area contributed by atoms with Crippen LogP contribution >= 0.6 is 11.6 Å². The highest BCUT2D eigenvalue weighted by atomic mass is 35.5. The molecule has 0 aliphatic carbocycles. The van der Waals surface area contributed by atoms with E-state index in [1.165, 1.54) is 0 Å². The summed E-state index contributed by atoms with van der Waals surface area (Å²) >= 11 is 6.16. The lowest BCUT2D eigenvalue weighted by molar-refractivity contribution is -0.130. The molecule has 0 unspecified atom stereocenters. The normalized spacial score (nSPS) is 10.8. The van der Waals surface area contributed by atoms with Crippen LogP contribution in [0.1, 0.15) is 17.9 Å². The zero-order valence-corrected chi connectivity index (χ0v) is 14.9. The third-order valence-corrected chi connectivity index (χ3v) is 4.18. The van der Waals surface area contributed by atoms with Crippen molar-refractivity contribution in [3.63, 3.8) is 0 Å². The van der Waals surface area contributed by atoms with Crippen molar-refractivity contribution in [3.05, 3.63) is 59.3 Å². The molecule has 0 radical (unpaired) electrons. The molecule has 0 spiro atoms. The van der Waals surface area contributed by atoms with E-state index in [1.54, 1.807) is 35.1 Å². The van der Waals surface area contributed by atoms with Gasteiger partial charge in [-0.1, -0.05) is 23.7 Å². The second-order valence-electron chi connectivity index (χ2n) is 5.87. The Hall–Kier alpha value is -2.60. The molecule has 1 aromatic carbocycles. The van der Waals surface area contributed by atoms with Crippen LogP contribution in [0.5, 0.6) is 0 Å². The van der Waals surface area contributed by atoms with E-state index in [0.29, 0.717) is 36.1 Å². The minimum absolute atomic E-state index is 0.0290. The molecule has 0 atom stereocenters. The highest BCUT2D eigenvalue weighted by Gasteiger charge is 2.14. The highest BCUT2D eigenvalue weighted by Crippen LogP contribution is 2.28. The maximum absolute atomic E-state index is 12.3. The Kier molecular flexibility index (Phi) is 5.19. The van der Waals surface area contributed by atoms with Crippen molar-refractivity contribution in [2.75, 3.05) is 7.05 Å². The average Bonchev–Trinajstić information content (AvgIpc) is 3.22. The fraction of sp³-hybridized carbons (Fsp3) is 0.278. The second-order valence-corrected chi connectivity index (χ2v) is 6.28. The number of rotatable bonds is 6. The van der Waals surface area contributed by atoms with Crippen LogP contribution in [0.15, 0.2) is 47.3 Å². The van der Waals surface area contributed by atoms with Crippen LogP contribution in [0.3, 0.4) is 0 Å². The molecule has 0 aliphatic heterocycles. The standard InChI is InChI=1S/C18H19ClN4O2/c1-22(11-13-9-21-23(2)12-13)18(24)8-7-17-20-10-16(25-17)14-5-3-4-6-15(14)19/h3-6,9-10,12H,7-8,11H2,1-2H3. The number of hydrogen-bond acceptors (Lipinski definition) is 4. The zero-order chi connectivity index (χ0) is 17.8. The molecule has 0 aliphatic rings. The molecule has 2 heterocycles. The lowest BCUT2D eigenvalue weighted by Gasteiger charge is -2.15. The molecule has 25 heavy (non-hydrogen) atoms. The van der Waals surface area contributed by atoms with Gasteiger partial charge < -0.3 is 9.32 Å². The number of carbonyl (C=O) groups is 1. The molecular weight excluding hydrogens is 340 g/mol. The summed E-state index contributed by atoms with van der Waals surface area (Å²) < 4.78 is 7.44. The lowest BCUT2D eigenvalue weighted by Crippen LogP contribution is -2.26. The monoisotopic (exact) mass is 358 g/mol.